The molecule has 0 bridgehead atoms. The average molecular weight is 372 g/mol. The molecule has 7 heteroatoms. The van der Waals surface area contributed by atoms with Crippen molar-refractivity contribution in [1.82, 2.24) is 19.7 Å². The number of fused-ring (bicyclic) bond motifs is 1. The number of hydrogen-bond acceptors (Lipinski definition) is 5. The van der Waals surface area contributed by atoms with E-state index in [4.69, 9.17) is 4.98 Å². The summed E-state index contributed by atoms with van der Waals surface area (Å²) in [7, 11) is 4.08. The number of aryl methyl sites for hydroxylation is 2. The van der Waals surface area contributed by atoms with Crippen molar-refractivity contribution in [3.63, 3.8) is 0 Å². The van der Waals surface area contributed by atoms with Gasteiger partial charge in [0.15, 0.2) is 5.13 Å². The highest BCUT2D eigenvalue weighted by Gasteiger charge is 2.23. The first kappa shape index (κ1) is 18.5. The fourth-order valence-electron chi connectivity index (χ4n) is 2.87. The maximum absolute atomic E-state index is 13.2. The van der Waals surface area contributed by atoms with Crippen molar-refractivity contribution in [1.29, 1.82) is 0 Å². The van der Waals surface area contributed by atoms with Gasteiger partial charge in [0.2, 0.25) is 0 Å². The summed E-state index contributed by atoms with van der Waals surface area (Å²) in [5.74, 6) is -0.0427. The van der Waals surface area contributed by atoms with Crippen LogP contribution in [0.1, 0.15) is 29.4 Å². The highest BCUT2D eigenvalue weighted by atomic mass is 32.1. The lowest BCUT2D eigenvalue weighted by Crippen LogP contribution is -2.34. The minimum absolute atomic E-state index is 0.0427. The Hall–Kier alpha value is -2.25. The quantitative estimate of drug-likeness (QED) is 0.639. The van der Waals surface area contributed by atoms with Gasteiger partial charge in [-0.05, 0) is 64.7 Å². The van der Waals surface area contributed by atoms with Crippen LogP contribution in [-0.4, -0.2) is 52.8 Å². The van der Waals surface area contributed by atoms with Crippen LogP contribution in [0.4, 0.5) is 5.13 Å². The molecule has 3 rings (SSSR count). The smallest absolute Gasteiger partial charge is 0.278 e. The van der Waals surface area contributed by atoms with Crippen molar-refractivity contribution in [2.45, 2.75) is 26.8 Å². The molecule has 0 saturated carbocycles. The van der Waals surface area contributed by atoms with Crippen LogP contribution in [0.2, 0.25) is 0 Å². The van der Waals surface area contributed by atoms with E-state index in [1.165, 1.54) is 5.56 Å². The van der Waals surface area contributed by atoms with E-state index in [1.54, 1.807) is 33.2 Å². The third-order valence-corrected chi connectivity index (χ3v) is 5.27. The summed E-state index contributed by atoms with van der Waals surface area (Å²) in [6.45, 7) is 6.27. The molecule has 0 atom stereocenters. The summed E-state index contributed by atoms with van der Waals surface area (Å²) in [4.78, 5) is 21.9. The van der Waals surface area contributed by atoms with Crippen LogP contribution < -0.4 is 4.90 Å². The maximum atomic E-state index is 13.2. The maximum Gasteiger partial charge on any atom is 0.278 e. The van der Waals surface area contributed by atoms with Gasteiger partial charge >= 0.3 is 0 Å². The van der Waals surface area contributed by atoms with Crippen LogP contribution in [0.5, 0.6) is 0 Å². The van der Waals surface area contributed by atoms with Gasteiger partial charge in [0.1, 0.15) is 5.69 Å². The van der Waals surface area contributed by atoms with Crippen LogP contribution in [-0.2, 0) is 6.54 Å². The number of nitrogens with zero attached hydrogens (tertiary/aromatic N) is 5. The Kier molecular flexibility index (Phi) is 5.68. The molecule has 2 heterocycles. The molecule has 1 amide bonds. The fourth-order valence-corrected chi connectivity index (χ4v) is 3.96. The molecule has 6 nitrogen and oxygen atoms in total. The summed E-state index contributed by atoms with van der Waals surface area (Å²) in [6.07, 6.45) is 2.56. The van der Waals surface area contributed by atoms with Crippen LogP contribution in [0, 0.1) is 6.92 Å². The van der Waals surface area contributed by atoms with Gasteiger partial charge in [-0.3, -0.25) is 14.4 Å². The van der Waals surface area contributed by atoms with E-state index in [9.17, 15) is 4.79 Å². The number of amides is 1. The molecular formula is C19H25N5OS. The summed E-state index contributed by atoms with van der Waals surface area (Å²) >= 11 is 1.57. The Morgan fingerprint density at radius 3 is 2.77 bits per heavy atom. The second kappa shape index (κ2) is 7.97. The Bertz CT molecular complexity index is 898. The molecule has 0 N–H and O–H groups in total. The van der Waals surface area contributed by atoms with Crippen molar-refractivity contribution < 1.29 is 4.79 Å². The zero-order valence-corrected chi connectivity index (χ0v) is 16.6. The first-order valence-electron chi connectivity index (χ1n) is 8.85. The molecule has 0 aliphatic carbocycles. The number of carbonyl (C=O) groups is 1. The average Bonchev–Trinajstić information content (AvgIpc) is 3.23. The topological polar surface area (TPSA) is 54.3 Å². The van der Waals surface area contributed by atoms with E-state index in [-0.39, 0.29) is 5.91 Å². The van der Waals surface area contributed by atoms with Crippen LogP contribution in [0.25, 0.3) is 10.2 Å². The first-order valence-corrected chi connectivity index (χ1v) is 9.67. The van der Waals surface area contributed by atoms with Gasteiger partial charge in [-0.2, -0.15) is 5.10 Å². The van der Waals surface area contributed by atoms with E-state index in [1.807, 2.05) is 27.1 Å². The van der Waals surface area contributed by atoms with Gasteiger partial charge in [0, 0.05) is 19.3 Å². The van der Waals surface area contributed by atoms with Gasteiger partial charge in [0.05, 0.1) is 10.2 Å². The molecule has 0 fully saturated rings. The lowest BCUT2D eigenvalue weighted by molar-refractivity contribution is 0.0975. The van der Waals surface area contributed by atoms with Crippen molar-refractivity contribution in [3.8, 4) is 0 Å². The second-order valence-corrected chi connectivity index (χ2v) is 7.62. The molecule has 2 aromatic heterocycles. The zero-order chi connectivity index (χ0) is 18.7. The molecule has 1 aromatic carbocycles. The van der Waals surface area contributed by atoms with Crippen molar-refractivity contribution in [3.05, 3.63) is 41.7 Å². The monoisotopic (exact) mass is 371 g/mol. The van der Waals surface area contributed by atoms with E-state index >= 15 is 0 Å². The molecule has 26 heavy (non-hydrogen) atoms. The predicted molar refractivity (Wildman–Crippen MR) is 107 cm³/mol. The summed E-state index contributed by atoms with van der Waals surface area (Å²) in [5, 5.41) is 4.99. The molecule has 0 aliphatic heterocycles. The highest BCUT2D eigenvalue weighted by molar-refractivity contribution is 7.22. The van der Waals surface area contributed by atoms with E-state index in [0.717, 1.165) is 28.3 Å². The fraction of sp³-hybridized carbons (Fsp3) is 0.421. The molecule has 0 spiro atoms. The van der Waals surface area contributed by atoms with E-state index < -0.39 is 0 Å². The third kappa shape index (κ3) is 3.94. The first-order chi connectivity index (χ1) is 12.5. The van der Waals surface area contributed by atoms with E-state index in [0.29, 0.717) is 18.8 Å². The predicted octanol–water partition coefficient (Wildman–Crippen LogP) is 3.42. The number of benzene rings is 1. The minimum Gasteiger partial charge on any atom is -0.309 e. The number of carbonyl (C=O) groups excluding carboxylic acids is 1. The Morgan fingerprint density at radius 2 is 2.04 bits per heavy atom. The number of thiazole rings is 1. The normalized spacial score (nSPS) is 11.4. The third-order valence-electron chi connectivity index (χ3n) is 4.23. The number of hydrogen-bond donors (Lipinski definition) is 0. The van der Waals surface area contributed by atoms with Crippen LogP contribution in [0.15, 0.2) is 30.5 Å². The lowest BCUT2D eigenvalue weighted by atomic mass is 10.2. The summed E-state index contributed by atoms with van der Waals surface area (Å²) < 4.78 is 2.84. The van der Waals surface area contributed by atoms with Crippen molar-refractivity contribution in [2.24, 2.45) is 0 Å². The van der Waals surface area contributed by atoms with Crippen LogP contribution in [0.3, 0.4) is 0 Å². The van der Waals surface area contributed by atoms with Crippen molar-refractivity contribution in [2.75, 3.05) is 32.1 Å². The van der Waals surface area contributed by atoms with Gasteiger partial charge in [-0.15, -0.1) is 0 Å². The van der Waals surface area contributed by atoms with Gasteiger partial charge in [-0.1, -0.05) is 17.4 Å². The summed E-state index contributed by atoms with van der Waals surface area (Å²) in [5.41, 5.74) is 2.74. The van der Waals surface area contributed by atoms with Gasteiger partial charge < -0.3 is 4.90 Å². The van der Waals surface area contributed by atoms with Gasteiger partial charge in [0.25, 0.3) is 5.91 Å². The number of anilines is 1. The van der Waals surface area contributed by atoms with Crippen LogP contribution >= 0.6 is 11.3 Å². The SMILES string of the molecule is CCn1nccc1C(=O)N(CCCN(C)C)c1nc2ccc(C)cc2s1. The summed E-state index contributed by atoms with van der Waals surface area (Å²) in [6, 6.07) is 7.97. The number of aromatic nitrogens is 3. The molecule has 0 radical (unpaired) electrons. The minimum atomic E-state index is -0.0427. The highest BCUT2D eigenvalue weighted by Crippen LogP contribution is 2.30. The zero-order valence-electron chi connectivity index (χ0n) is 15.8. The molecule has 0 aliphatic rings. The molecule has 0 unspecified atom stereocenters. The largest absolute Gasteiger partial charge is 0.309 e. The molecule has 138 valence electrons. The Labute approximate surface area is 158 Å². The number of rotatable bonds is 7. The van der Waals surface area contributed by atoms with Gasteiger partial charge in [-0.25, -0.2) is 4.98 Å². The molecule has 3 aromatic rings. The Morgan fingerprint density at radius 1 is 1.23 bits per heavy atom. The van der Waals surface area contributed by atoms with Crippen molar-refractivity contribution >= 4 is 32.6 Å². The molecular weight excluding hydrogens is 346 g/mol. The second-order valence-electron chi connectivity index (χ2n) is 6.61. The standard InChI is InChI=1S/C19H25N5OS/c1-5-24-16(9-10-20-24)18(25)23(12-6-11-22(3)4)19-21-15-8-7-14(2)13-17(15)26-19/h7-10,13H,5-6,11-12H2,1-4H3. The Balaban J connectivity index is 1.94. The molecule has 0 saturated heterocycles. The lowest BCUT2D eigenvalue weighted by Gasteiger charge is -2.21. The van der Waals surface area contributed by atoms with E-state index in [2.05, 4.69) is 29.1 Å².